The topological polar surface area (TPSA) is 67.9 Å². The summed E-state index contributed by atoms with van der Waals surface area (Å²) < 4.78 is 24.9. The maximum absolute atomic E-state index is 13.9. The quantitative estimate of drug-likeness (QED) is 0.280. The molecule has 1 saturated heterocycles. The molecular formula is C33H40ClFN2O4. The predicted molar refractivity (Wildman–Crippen MR) is 161 cm³/mol. The Labute approximate surface area is 247 Å². The molecule has 0 bridgehead atoms. The standard InChI is InChI=1S/C33H40ClFN2O4/c1-22(28-21-25(34)20-23-8-6-7-9-27(23)28)36-17-14-29(30(38)40-5)33(24-10-12-26(35)13-11-24)15-18-37(19-16-33)31(39)41-32(2,3)4/h6-13,20-22,29,36H,14-19H2,1-5H3/t22-,29?/m0/s1. The van der Waals surface area contributed by atoms with E-state index < -0.39 is 16.9 Å². The van der Waals surface area contributed by atoms with Gasteiger partial charge in [0.1, 0.15) is 11.4 Å². The molecule has 0 radical (unpaired) electrons. The lowest BCUT2D eigenvalue weighted by atomic mass is 9.63. The fourth-order valence-electron chi connectivity index (χ4n) is 6.01. The van der Waals surface area contributed by atoms with E-state index in [4.69, 9.17) is 21.1 Å². The third-order valence-electron chi connectivity index (χ3n) is 8.09. The van der Waals surface area contributed by atoms with Gasteiger partial charge < -0.3 is 19.7 Å². The molecule has 0 aromatic heterocycles. The highest BCUT2D eigenvalue weighted by Gasteiger charge is 2.47. The molecule has 0 saturated carbocycles. The van der Waals surface area contributed by atoms with Crippen molar-refractivity contribution < 1.29 is 23.5 Å². The maximum atomic E-state index is 13.9. The van der Waals surface area contributed by atoms with Gasteiger partial charge in [0.05, 0.1) is 13.0 Å². The third kappa shape index (κ3) is 7.19. The minimum Gasteiger partial charge on any atom is -0.469 e. The summed E-state index contributed by atoms with van der Waals surface area (Å²) in [7, 11) is 1.40. The molecule has 3 aromatic rings. The summed E-state index contributed by atoms with van der Waals surface area (Å²) >= 11 is 6.43. The van der Waals surface area contributed by atoms with Crippen molar-refractivity contribution in [1.82, 2.24) is 10.2 Å². The van der Waals surface area contributed by atoms with E-state index in [2.05, 4.69) is 18.3 Å². The van der Waals surface area contributed by atoms with Crippen molar-refractivity contribution in [3.63, 3.8) is 0 Å². The summed E-state index contributed by atoms with van der Waals surface area (Å²) in [5.74, 6) is -1.16. The number of hydrogen-bond acceptors (Lipinski definition) is 5. The van der Waals surface area contributed by atoms with E-state index in [0.717, 1.165) is 21.9 Å². The molecule has 1 aliphatic rings. The summed E-state index contributed by atoms with van der Waals surface area (Å²) in [4.78, 5) is 27.9. The summed E-state index contributed by atoms with van der Waals surface area (Å²) in [5.41, 5.74) is 0.717. The van der Waals surface area contributed by atoms with Crippen LogP contribution in [0.25, 0.3) is 10.8 Å². The molecule has 8 heteroatoms. The number of fused-ring (bicyclic) bond motifs is 1. The van der Waals surface area contributed by atoms with Crippen LogP contribution in [0.15, 0.2) is 60.7 Å². The summed E-state index contributed by atoms with van der Waals surface area (Å²) in [6.45, 7) is 8.97. The van der Waals surface area contributed by atoms with Crippen molar-refractivity contribution in [3.05, 3.63) is 82.6 Å². The lowest BCUT2D eigenvalue weighted by Crippen LogP contribution is -2.52. The molecule has 1 amide bonds. The molecule has 2 atom stereocenters. The average molecular weight is 583 g/mol. The minimum atomic E-state index is -0.632. The molecule has 1 heterocycles. The van der Waals surface area contributed by atoms with Crippen LogP contribution in [-0.4, -0.2) is 49.3 Å². The van der Waals surface area contributed by atoms with Crippen molar-refractivity contribution in [2.45, 2.75) is 64.0 Å². The van der Waals surface area contributed by atoms with E-state index in [1.807, 2.05) is 51.1 Å². The lowest BCUT2D eigenvalue weighted by molar-refractivity contribution is -0.149. The van der Waals surface area contributed by atoms with Crippen LogP contribution >= 0.6 is 11.6 Å². The SMILES string of the molecule is COC(=O)C(CCN[C@@H](C)c1cc(Cl)cc2ccccc12)C1(c2ccc(F)cc2)CCN(C(=O)OC(C)(C)C)CC1. The first-order valence-corrected chi connectivity index (χ1v) is 14.5. The van der Waals surface area contributed by atoms with E-state index in [0.29, 0.717) is 43.9 Å². The predicted octanol–water partition coefficient (Wildman–Crippen LogP) is 7.43. The monoisotopic (exact) mass is 582 g/mol. The maximum Gasteiger partial charge on any atom is 0.410 e. The van der Waals surface area contributed by atoms with E-state index in [9.17, 15) is 14.0 Å². The average Bonchev–Trinajstić information content (AvgIpc) is 2.94. The number of hydrogen-bond donors (Lipinski definition) is 1. The Kier molecular flexibility index (Phi) is 9.60. The first kappa shape index (κ1) is 30.8. The van der Waals surface area contributed by atoms with Gasteiger partial charge in [0, 0.05) is 29.6 Å². The second-order valence-electron chi connectivity index (χ2n) is 11.9. The van der Waals surface area contributed by atoms with Gasteiger partial charge in [-0.3, -0.25) is 4.79 Å². The molecule has 0 aliphatic carbocycles. The van der Waals surface area contributed by atoms with Crippen molar-refractivity contribution in [1.29, 1.82) is 0 Å². The first-order chi connectivity index (χ1) is 19.4. The largest absolute Gasteiger partial charge is 0.469 e. The number of ether oxygens (including phenoxy) is 2. The Morgan fingerprint density at radius 1 is 1.07 bits per heavy atom. The number of carbonyl (C=O) groups is 2. The molecule has 4 rings (SSSR count). The number of halogens is 2. The van der Waals surface area contributed by atoms with Gasteiger partial charge in [0.15, 0.2) is 0 Å². The molecule has 1 fully saturated rings. The summed E-state index contributed by atoms with van der Waals surface area (Å²) in [5, 5.41) is 6.46. The number of methoxy groups -OCH3 is 1. The molecule has 1 N–H and O–H groups in total. The van der Waals surface area contributed by atoms with Crippen LogP contribution in [0.4, 0.5) is 9.18 Å². The molecule has 3 aromatic carbocycles. The van der Waals surface area contributed by atoms with E-state index in [1.54, 1.807) is 17.0 Å². The number of esters is 1. The molecule has 0 spiro atoms. The Bertz CT molecular complexity index is 1360. The third-order valence-corrected chi connectivity index (χ3v) is 8.31. The van der Waals surface area contributed by atoms with Crippen LogP contribution in [0, 0.1) is 11.7 Å². The van der Waals surface area contributed by atoms with Gasteiger partial charge in [0.2, 0.25) is 0 Å². The molecule has 41 heavy (non-hydrogen) atoms. The summed E-state index contributed by atoms with van der Waals surface area (Å²) in [6.07, 6.45) is 1.17. The fraction of sp³-hybridized carbons (Fsp3) is 0.455. The number of benzene rings is 3. The van der Waals surface area contributed by atoms with E-state index >= 15 is 0 Å². The molecule has 1 aliphatic heterocycles. The van der Waals surface area contributed by atoms with Gasteiger partial charge in [-0.25, -0.2) is 9.18 Å². The zero-order valence-corrected chi connectivity index (χ0v) is 25.3. The molecule has 220 valence electrons. The van der Waals surface area contributed by atoms with Gasteiger partial charge >= 0.3 is 12.1 Å². The molecular weight excluding hydrogens is 543 g/mol. The number of piperidine rings is 1. The second-order valence-corrected chi connectivity index (χ2v) is 12.3. The number of amides is 1. The van der Waals surface area contributed by atoms with Crippen molar-refractivity contribution >= 4 is 34.4 Å². The number of rotatable bonds is 8. The lowest BCUT2D eigenvalue weighted by Gasteiger charge is -2.46. The second kappa shape index (κ2) is 12.8. The van der Waals surface area contributed by atoms with Crippen LogP contribution in [-0.2, 0) is 19.7 Å². The number of carbonyl (C=O) groups excluding carboxylic acids is 2. The highest BCUT2D eigenvalue weighted by Crippen LogP contribution is 2.44. The highest BCUT2D eigenvalue weighted by atomic mass is 35.5. The Balaban J connectivity index is 1.57. The Morgan fingerprint density at radius 3 is 2.37 bits per heavy atom. The zero-order chi connectivity index (χ0) is 29.8. The highest BCUT2D eigenvalue weighted by molar-refractivity contribution is 6.31. The number of likely N-dealkylation sites (tertiary alicyclic amines) is 1. The first-order valence-electron chi connectivity index (χ1n) is 14.2. The van der Waals surface area contributed by atoms with Crippen LogP contribution in [0.2, 0.25) is 5.02 Å². The molecule has 6 nitrogen and oxygen atoms in total. The van der Waals surface area contributed by atoms with Crippen molar-refractivity contribution in [2.75, 3.05) is 26.7 Å². The van der Waals surface area contributed by atoms with Gasteiger partial charge in [-0.1, -0.05) is 48.0 Å². The minimum absolute atomic E-state index is 0.0207. The number of nitrogens with one attached hydrogen (secondary N) is 1. The van der Waals surface area contributed by atoms with Gasteiger partial charge in [-0.15, -0.1) is 0 Å². The van der Waals surface area contributed by atoms with Crippen LogP contribution in [0.5, 0.6) is 0 Å². The van der Waals surface area contributed by atoms with Crippen molar-refractivity contribution in [2.24, 2.45) is 5.92 Å². The zero-order valence-electron chi connectivity index (χ0n) is 24.5. The van der Waals surface area contributed by atoms with Gasteiger partial charge in [0.25, 0.3) is 0 Å². The van der Waals surface area contributed by atoms with Gasteiger partial charge in [-0.05, 0) is 99.7 Å². The van der Waals surface area contributed by atoms with Crippen molar-refractivity contribution in [3.8, 4) is 0 Å². The van der Waals surface area contributed by atoms with E-state index in [1.165, 1.54) is 19.2 Å². The van der Waals surface area contributed by atoms with Crippen LogP contribution < -0.4 is 5.32 Å². The molecule has 1 unspecified atom stereocenters. The van der Waals surface area contributed by atoms with Gasteiger partial charge in [-0.2, -0.15) is 0 Å². The van der Waals surface area contributed by atoms with Crippen LogP contribution in [0.3, 0.4) is 0 Å². The summed E-state index contributed by atoms with van der Waals surface area (Å²) in [6, 6.07) is 18.4. The fourth-order valence-corrected chi connectivity index (χ4v) is 6.25. The Hall–Kier alpha value is -3.16. The van der Waals surface area contributed by atoms with E-state index in [-0.39, 0.29) is 23.9 Å². The normalized spacial score (nSPS) is 16.7. The smallest absolute Gasteiger partial charge is 0.410 e. The number of nitrogens with zero attached hydrogens (tertiary/aromatic N) is 1. The Morgan fingerprint density at radius 2 is 1.73 bits per heavy atom. The van der Waals surface area contributed by atoms with Crippen LogP contribution in [0.1, 0.15) is 64.1 Å².